The Kier molecular flexibility index (Phi) is 9.79. The van der Waals surface area contributed by atoms with Gasteiger partial charge in [-0.15, -0.1) is 5.06 Å². The van der Waals surface area contributed by atoms with Gasteiger partial charge in [0.2, 0.25) is 6.29 Å². The second-order valence-corrected chi connectivity index (χ2v) is 16.2. The molecule has 9 nitrogen and oxygen atoms in total. The molecule has 1 unspecified atom stereocenters. The Balaban J connectivity index is 1.24. The summed E-state index contributed by atoms with van der Waals surface area (Å²) < 4.78 is 7.56. The number of hydroxylamine groups is 2. The van der Waals surface area contributed by atoms with E-state index in [9.17, 15) is 19.5 Å². The molecule has 4 aliphatic heterocycles. The van der Waals surface area contributed by atoms with Gasteiger partial charge in [0.1, 0.15) is 10.8 Å². The third-order valence-electron chi connectivity index (χ3n) is 9.61. The third-order valence-corrected chi connectivity index (χ3v) is 12.0. The summed E-state index contributed by atoms with van der Waals surface area (Å²) in [5.41, 5.74) is 5.35. The van der Waals surface area contributed by atoms with Gasteiger partial charge in [-0.05, 0) is 88.9 Å². The first kappa shape index (κ1) is 34.0. The molecule has 1 saturated heterocycles. The number of anilines is 1. The van der Waals surface area contributed by atoms with E-state index in [1.54, 1.807) is 0 Å². The summed E-state index contributed by atoms with van der Waals surface area (Å²) in [5, 5.41) is 12.9. The molecule has 0 saturated carbocycles. The fourth-order valence-corrected chi connectivity index (χ4v) is 8.42. The zero-order valence-corrected chi connectivity index (χ0v) is 30.4. The van der Waals surface area contributed by atoms with Gasteiger partial charge in [-0.1, -0.05) is 58.0 Å². The Hall–Kier alpha value is -2.90. The van der Waals surface area contributed by atoms with Crippen LogP contribution in [0.1, 0.15) is 95.8 Å². The average Bonchev–Trinajstić information content (AvgIpc) is 3.33. The molecule has 2 aromatic carbocycles. The molecule has 2 amide bonds. The van der Waals surface area contributed by atoms with Crippen molar-refractivity contribution >= 4 is 68.9 Å². The molecule has 1 atom stereocenters. The van der Waals surface area contributed by atoms with Crippen molar-refractivity contribution < 1.29 is 29.1 Å². The number of halogens is 1. The van der Waals surface area contributed by atoms with E-state index >= 15 is 0 Å². The topological polar surface area (TPSA) is 109 Å². The lowest BCUT2D eigenvalue weighted by molar-refractivity contribution is -0.197. The summed E-state index contributed by atoms with van der Waals surface area (Å²) in [4.78, 5) is 49.1. The minimum atomic E-state index is -1.17. The number of unbranched alkanes of at least 4 members (excludes halogenated alkanes) is 2. The van der Waals surface area contributed by atoms with Crippen LogP contribution in [0.25, 0.3) is 6.08 Å². The Morgan fingerprint density at radius 2 is 1.77 bits per heavy atom. The van der Waals surface area contributed by atoms with Gasteiger partial charge in [0.15, 0.2) is 0 Å². The quantitative estimate of drug-likeness (QED) is 0.0732. The maximum absolute atomic E-state index is 12.2. The van der Waals surface area contributed by atoms with Crippen molar-refractivity contribution in [2.24, 2.45) is 4.99 Å². The average molecular weight is 772 g/mol. The molecular formula is C36H42IN3O6S. The Labute approximate surface area is 294 Å². The molecule has 11 heteroatoms. The van der Waals surface area contributed by atoms with Crippen LogP contribution in [-0.2, 0) is 30.1 Å². The lowest BCUT2D eigenvalue weighted by Gasteiger charge is -2.49. The van der Waals surface area contributed by atoms with Crippen LogP contribution < -0.4 is 9.64 Å². The Morgan fingerprint density at radius 1 is 1.06 bits per heavy atom. The van der Waals surface area contributed by atoms with Gasteiger partial charge in [0, 0.05) is 64.2 Å². The minimum Gasteiger partial charge on any atom is -0.460 e. The van der Waals surface area contributed by atoms with Crippen molar-refractivity contribution in [2.45, 2.75) is 101 Å². The number of ether oxygens (including phenoxy) is 1. The lowest BCUT2D eigenvalue weighted by Crippen LogP contribution is -2.45. The van der Waals surface area contributed by atoms with Crippen molar-refractivity contribution in [1.29, 1.82) is 0 Å². The highest BCUT2D eigenvalue weighted by molar-refractivity contribution is 14.1. The first-order valence-corrected chi connectivity index (χ1v) is 18.3. The molecule has 2 aromatic rings. The lowest BCUT2D eigenvalue weighted by atomic mass is 9.68. The smallest absolute Gasteiger partial charge is 0.333 e. The van der Waals surface area contributed by atoms with Crippen LogP contribution in [0.2, 0.25) is 0 Å². The van der Waals surface area contributed by atoms with Crippen molar-refractivity contribution in [3.05, 3.63) is 56.2 Å². The number of carbonyl (C=O) groups excluding carboxylic acids is 3. The van der Waals surface area contributed by atoms with Crippen LogP contribution in [0.15, 0.2) is 45.8 Å². The fraction of sp³-hybridized carbons (Fsp3) is 0.500. The van der Waals surface area contributed by atoms with Gasteiger partial charge in [0.25, 0.3) is 11.8 Å². The molecule has 250 valence electrons. The molecule has 0 radical (unpaired) electrons. The number of hydrogen-bond donors (Lipinski definition) is 1. The van der Waals surface area contributed by atoms with E-state index in [1.165, 1.54) is 28.6 Å². The Morgan fingerprint density at radius 3 is 2.49 bits per heavy atom. The summed E-state index contributed by atoms with van der Waals surface area (Å²) in [5.74, 6) is -0.769. The number of aliphatic imine (C=N–C) groups is 1. The first-order valence-electron chi connectivity index (χ1n) is 16.4. The highest BCUT2D eigenvalue weighted by Crippen LogP contribution is 2.55. The number of carbonyl (C=O) groups is 3. The number of benzene rings is 2. The summed E-state index contributed by atoms with van der Waals surface area (Å²) in [7, 11) is 0. The van der Waals surface area contributed by atoms with E-state index in [1.807, 2.05) is 24.3 Å². The second-order valence-electron chi connectivity index (χ2n) is 14.0. The Bertz CT molecular complexity index is 1650. The molecule has 0 spiro atoms. The molecule has 0 bridgehead atoms. The maximum Gasteiger partial charge on any atom is 0.333 e. The number of amides is 2. The van der Waals surface area contributed by atoms with Gasteiger partial charge in [-0.25, -0.2) is 4.79 Å². The summed E-state index contributed by atoms with van der Waals surface area (Å²) >= 11 is 3.84. The maximum atomic E-state index is 12.2. The van der Waals surface area contributed by atoms with Crippen LogP contribution in [0, 0.1) is 3.57 Å². The van der Waals surface area contributed by atoms with E-state index < -0.39 is 24.1 Å². The van der Waals surface area contributed by atoms with Gasteiger partial charge < -0.3 is 19.6 Å². The zero-order valence-electron chi connectivity index (χ0n) is 27.4. The number of rotatable bonds is 9. The molecule has 1 fully saturated rings. The van der Waals surface area contributed by atoms with Crippen molar-refractivity contribution in [3.63, 3.8) is 0 Å². The third kappa shape index (κ3) is 6.98. The standard InChI is InChI=1S/C36H42IN3O6S/c1-35(2)15-18-39-19-16-36(3,4)30-31(39)24(35)21-22-20-23(34(44)45-32(22)30)33(47-26-11-8-7-10-25(26)37)38-17-9-5-6-12-29(43)46-40-27(41)13-14-28(40)42/h7-8,10-11,20-21,34,44H,5-6,9,12-19H2,1-4H3/b38-33+. The highest BCUT2D eigenvalue weighted by Gasteiger charge is 2.44. The first-order chi connectivity index (χ1) is 22.4. The fourth-order valence-electron chi connectivity index (χ4n) is 6.75. The number of imide groups is 1. The predicted octanol–water partition coefficient (Wildman–Crippen LogP) is 6.91. The van der Waals surface area contributed by atoms with Crippen molar-refractivity contribution in [1.82, 2.24) is 5.06 Å². The van der Waals surface area contributed by atoms with E-state index in [4.69, 9.17) is 14.6 Å². The summed E-state index contributed by atoms with van der Waals surface area (Å²) in [6.07, 6.45) is 5.22. The van der Waals surface area contributed by atoms with Crippen LogP contribution in [-0.4, -0.2) is 58.9 Å². The number of fused-ring (bicyclic) bond motifs is 2. The number of hydrogen-bond acceptors (Lipinski definition) is 9. The molecule has 0 aliphatic carbocycles. The summed E-state index contributed by atoms with van der Waals surface area (Å²) in [6.45, 7) is 11.7. The van der Waals surface area contributed by atoms with E-state index in [2.05, 4.69) is 67.3 Å². The van der Waals surface area contributed by atoms with E-state index in [0.717, 1.165) is 45.7 Å². The van der Waals surface area contributed by atoms with E-state index in [0.29, 0.717) is 41.5 Å². The molecule has 4 aliphatic rings. The van der Waals surface area contributed by atoms with Crippen molar-refractivity contribution in [3.8, 4) is 5.75 Å². The molecular weight excluding hydrogens is 729 g/mol. The molecule has 47 heavy (non-hydrogen) atoms. The van der Waals surface area contributed by atoms with Gasteiger partial charge in [0.05, 0.1) is 5.57 Å². The predicted molar refractivity (Wildman–Crippen MR) is 192 cm³/mol. The zero-order chi connectivity index (χ0) is 33.5. The number of thioether (sulfide) groups is 1. The SMILES string of the molecule is CC1(C)CCN2CCC(C)(C)c3c4c(cc1c32)C=C(/C(=N\CCCCCC(=O)ON1C(=O)CCC1=O)Sc1ccccc1I)C(O)O4. The van der Waals surface area contributed by atoms with Crippen LogP contribution in [0.4, 0.5) is 5.69 Å². The van der Waals surface area contributed by atoms with Gasteiger partial charge in [-0.3, -0.25) is 14.6 Å². The normalized spacial score (nSPS) is 21.2. The molecule has 1 N–H and O–H groups in total. The van der Waals surface area contributed by atoms with Gasteiger partial charge in [-0.2, -0.15) is 0 Å². The van der Waals surface area contributed by atoms with Crippen molar-refractivity contribution in [2.75, 3.05) is 24.5 Å². The van der Waals surface area contributed by atoms with E-state index in [-0.39, 0.29) is 30.1 Å². The monoisotopic (exact) mass is 771 g/mol. The van der Waals surface area contributed by atoms with Crippen LogP contribution in [0.3, 0.4) is 0 Å². The summed E-state index contributed by atoms with van der Waals surface area (Å²) in [6, 6.07) is 10.4. The molecule has 4 heterocycles. The molecule has 6 rings (SSSR count). The largest absolute Gasteiger partial charge is 0.460 e. The van der Waals surface area contributed by atoms with Gasteiger partial charge >= 0.3 is 5.97 Å². The molecule has 0 aromatic heterocycles. The minimum absolute atomic E-state index is 0.0187. The van der Waals surface area contributed by atoms with Crippen LogP contribution in [0.5, 0.6) is 5.75 Å². The number of aliphatic hydroxyl groups excluding tert-OH is 1. The number of aliphatic hydroxyl groups is 1. The highest BCUT2D eigenvalue weighted by atomic mass is 127. The van der Waals surface area contributed by atoms with Crippen LogP contribution >= 0.6 is 34.4 Å². The number of nitrogens with zero attached hydrogens (tertiary/aromatic N) is 3. The second kappa shape index (κ2) is 13.5.